The fraction of sp³-hybridized carbons (Fsp3) is 0.829. The van der Waals surface area contributed by atoms with Crippen molar-refractivity contribution in [3.8, 4) is 11.9 Å². The van der Waals surface area contributed by atoms with Crippen LogP contribution in [0.2, 0.25) is 24.7 Å². The third-order valence-electron chi connectivity index (χ3n) is 12.6. The minimum atomic E-state index is -1.70. The first kappa shape index (κ1) is 31.3. The summed E-state index contributed by atoms with van der Waals surface area (Å²) in [5.41, 5.74) is 1.31. The quantitative estimate of drug-likeness (QED) is 0.279. The van der Waals surface area contributed by atoms with E-state index in [2.05, 4.69) is 65.3 Å². The molecule has 1 aromatic rings. The second kappa shape index (κ2) is 11.8. The van der Waals surface area contributed by atoms with Gasteiger partial charge in [0.25, 0.3) is 0 Å². The van der Waals surface area contributed by atoms with Crippen LogP contribution >= 0.6 is 11.6 Å². The average Bonchev–Trinajstić information content (AvgIpc) is 3.27. The zero-order chi connectivity index (χ0) is 29.7. The van der Waals surface area contributed by atoms with Gasteiger partial charge in [-0.3, -0.25) is 0 Å². The molecule has 4 aliphatic rings. The molecular weight excluding hydrogens is 544 g/mol. The SMILES string of the molecule is CC[C@H]1[C@@H](O[Si](C)(C)C)[C@@H]2[C@H](CC[C@]3(C)[C@@H]([C@H](C)CCOc4ncc(C#N)cc4Cl)CC[C@@H]23)[C@@]2(C)CC[C@@H](C)C[C@@H]12. The highest BCUT2D eigenvalue weighted by Crippen LogP contribution is 2.70. The molecule has 4 aliphatic carbocycles. The van der Waals surface area contributed by atoms with E-state index < -0.39 is 8.32 Å². The van der Waals surface area contributed by atoms with Crippen LogP contribution in [0.25, 0.3) is 0 Å². The van der Waals surface area contributed by atoms with Crippen LogP contribution in [0.4, 0.5) is 0 Å². The first-order valence-corrected chi connectivity index (χ1v) is 20.5. The van der Waals surface area contributed by atoms with Crippen LogP contribution < -0.4 is 4.74 Å². The van der Waals surface area contributed by atoms with Crippen molar-refractivity contribution in [2.75, 3.05) is 6.61 Å². The molecule has 0 radical (unpaired) electrons. The topological polar surface area (TPSA) is 55.1 Å². The summed E-state index contributed by atoms with van der Waals surface area (Å²) in [6.07, 6.45) is 13.9. The fourth-order valence-corrected chi connectivity index (χ4v) is 12.2. The lowest BCUT2D eigenvalue weighted by Crippen LogP contribution is -2.63. The maximum Gasteiger partial charge on any atom is 0.232 e. The molecule has 5 rings (SSSR count). The van der Waals surface area contributed by atoms with Crippen LogP contribution in [0, 0.1) is 69.5 Å². The van der Waals surface area contributed by atoms with Gasteiger partial charge in [-0.2, -0.15) is 5.26 Å². The maximum absolute atomic E-state index is 9.10. The fourth-order valence-electron chi connectivity index (χ4n) is 10.8. The molecule has 0 unspecified atom stereocenters. The summed E-state index contributed by atoms with van der Waals surface area (Å²) in [5, 5.41) is 9.52. The highest BCUT2D eigenvalue weighted by atomic mass is 35.5. The van der Waals surface area contributed by atoms with Crippen LogP contribution in [0.15, 0.2) is 12.3 Å². The van der Waals surface area contributed by atoms with Gasteiger partial charge in [0.15, 0.2) is 8.32 Å². The number of fused-ring (bicyclic) bond motifs is 5. The molecule has 1 aromatic heterocycles. The second-order valence-electron chi connectivity index (χ2n) is 16.0. The van der Waals surface area contributed by atoms with Crippen LogP contribution in [-0.4, -0.2) is 26.0 Å². The number of pyridine rings is 1. The first-order chi connectivity index (χ1) is 19.3. The Kier molecular flexibility index (Phi) is 9.00. The lowest BCUT2D eigenvalue weighted by molar-refractivity contribution is -0.193. The van der Waals surface area contributed by atoms with Gasteiger partial charge >= 0.3 is 0 Å². The zero-order valence-corrected chi connectivity index (χ0v) is 28.8. The van der Waals surface area contributed by atoms with Crippen molar-refractivity contribution >= 4 is 19.9 Å². The number of hydrogen-bond donors (Lipinski definition) is 0. The van der Waals surface area contributed by atoms with Crippen molar-refractivity contribution in [1.82, 2.24) is 4.98 Å². The number of nitriles is 1. The molecule has 4 saturated carbocycles. The summed E-state index contributed by atoms with van der Waals surface area (Å²) in [6.45, 7) is 20.7. The van der Waals surface area contributed by atoms with E-state index in [4.69, 9.17) is 26.0 Å². The Morgan fingerprint density at radius 2 is 1.80 bits per heavy atom. The van der Waals surface area contributed by atoms with Crippen molar-refractivity contribution in [1.29, 1.82) is 5.26 Å². The summed E-state index contributed by atoms with van der Waals surface area (Å²) in [6, 6.07) is 3.73. The molecule has 4 nitrogen and oxygen atoms in total. The summed E-state index contributed by atoms with van der Waals surface area (Å²) < 4.78 is 13.4. The van der Waals surface area contributed by atoms with Crippen molar-refractivity contribution in [3.05, 3.63) is 22.8 Å². The van der Waals surface area contributed by atoms with Gasteiger partial charge in [0.05, 0.1) is 18.3 Å². The summed E-state index contributed by atoms with van der Waals surface area (Å²) in [5.74, 6) is 6.39. The summed E-state index contributed by atoms with van der Waals surface area (Å²) in [4.78, 5) is 4.28. The Morgan fingerprint density at radius 3 is 2.46 bits per heavy atom. The molecule has 11 atom stereocenters. The normalized spacial score (nSPS) is 41.1. The number of aromatic nitrogens is 1. The Bertz CT molecular complexity index is 1130. The molecule has 0 amide bonds. The van der Waals surface area contributed by atoms with E-state index in [-0.39, 0.29) is 0 Å². The molecule has 0 aromatic carbocycles. The second-order valence-corrected chi connectivity index (χ2v) is 20.9. The Balaban J connectivity index is 1.36. The predicted octanol–water partition coefficient (Wildman–Crippen LogP) is 9.77. The van der Waals surface area contributed by atoms with Crippen molar-refractivity contribution < 1.29 is 9.16 Å². The molecule has 0 bridgehead atoms. The van der Waals surface area contributed by atoms with Crippen LogP contribution in [0.3, 0.4) is 0 Å². The van der Waals surface area contributed by atoms with Gasteiger partial charge in [-0.15, -0.1) is 0 Å². The molecule has 6 heteroatoms. The third kappa shape index (κ3) is 5.76. The number of nitrogens with zero attached hydrogens (tertiary/aromatic N) is 2. The van der Waals surface area contributed by atoms with Gasteiger partial charge in [0, 0.05) is 6.20 Å². The summed E-state index contributed by atoms with van der Waals surface area (Å²) in [7, 11) is -1.70. The highest BCUT2D eigenvalue weighted by Gasteiger charge is 2.65. The third-order valence-corrected chi connectivity index (χ3v) is 13.9. The predicted molar refractivity (Wildman–Crippen MR) is 170 cm³/mol. The van der Waals surface area contributed by atoms with E-state index in [9.17, 15) is 0 Å². The number of halogens is 1. The van der Waals surface area contributed by atoms with Crippen LogP contribution in [0.1, 0.15) is 98.0 Å². The maximum atomic E-state index is 9.10. The van der Waals surface area contributed by atoms with Crippen molar-refractivity contribution in [2.45, 2.75) is 118 Å². The van der Waals surface area contributed by atoms with Crippen LogP contribution in [0.5, 0.6) is 5.88 Å². The molecular formula is C35H55ClN2O2Si. The summed E-state index contributed by atoms with van der Waals surface area (Å²) >= 11 is 6.33. The Hall–Kier alpha value is -1.09. The lowest BCUT2D eigenvalue weighted by Gasteiger charge is -2.66. The molecule has 228 valence electrons. The monoisotopic (exact) mass is 598 g/mol. The van der Waals surface area contributed by atoms with E-state index in [0.29, 0.717) is 63.7 Å². The van der Waals surface area contributed by atoms with Gasteiger partial charge < -0.3 is 9.16 Å². The molecule has 4 fully saturated rings. The Labute approximate surface area is 256 Å². The van der Waals surface area contributed by atoms with E-state index in [1.807, 2.05) is 0 Å². The van der Waals surface area contributed by atoms with Crippen LogP contribution in [-0.2, 0) is 4.43 Å². The molecule has 1 heterocycles. The Morgan fingerprint density at radius 1 is 1.10 bits per heavy atom. The van der Waals surface area contributed by atoms with Gasteiger partial charge in [0.2, 0.25) is 5.88 Å². The van der Waals surface area contributed by atoms with Gasteiger partial charge in [-0.1, -0.05) is 59.1 Å². The van der Waals surface area contributed by atoms with Gasteiger partial charge in [-0.05, 0) is 129 Å². The van der Waals surface area contributed by atoms with E-state index in [1.165, 1.54) is 57.6 Å². The number of ether oxygens (including phenoxy) is 1. The smallest absolute Gasteiger partial charge is 0.232 e. The van der Waals surface area contributed by atoms with Crippen molar-refractivity contribution in [2.24, 2.45) is 58.2 Å². The molecule has 41 heavy (non-hydrogen) atoms. The largest absolute Gasteiger partial charge is 0.477 e. The van der Waals surface area contributed by atoms with E-state index >= 15 is 0 Å². The van der Waals surface area contributed by atoms with E-state index in [0.717, 1.165) is 30.1 Å². The zero-order valence-electron chi connectivity index (χ0n) is 27.0. The highest BCUT2D eigenvalue weighted by molar-refractivity contribution is 6.69. The molecule has 0 spiro atoms. The van der Waals surface area contributed by atoms with Crippen molar-refractivity contribution in [3.63, 3.8) is 0 Å². The molecule has 0 saturated heterocycles. The number of rotatable bonds is 8. The van der Waals surface area contributed by atoms with Gasteiger partial charge in [-0.25, -0.2) is 4.98 Å². The van der Waals surface area contributed by atoms with E-state index in [1.54, 1.807) is 6.07 Å². The minimum Gasteiger partial charge on any atom is -0.477 e. The first-order valence-electron chi connectivity index (χ1n) is 16.7. The minimum absolute atomic E-state index is 0.370. The average molecular weight is 599 g/mol. The molecule has 0 aliphatic heterocycles. The lowest BCUT2D eigenvalue weighted by atomic mass is 9.41. The standard InChI is InChI=1S/C35H55ClN2O2Si/c1-9-25-29-18-22(2)12-15-35(29,5)28-13-16-34(4)26(10-11-27(34)31(28)32(25)40-41(6,7)8)23(3)14-17-39-33-30(36)19-24(20-37)21-38-33/h19,21-23,25-29,31-32H,9-18H2,1-8H3/t22-,23-,25-,26-,27+,28+,29+,31+,32-,34-,35-/m1/s1. The van der Waals surface area contributed by atoms with Gasteiger partial charge in [0.1, 0.15) is 11.1 Å². The molecule has 0 N–H and O–H groups in total. The number of hydrogen-bond acceptors (Lipinski definition) is 4.